The minimum absolute atomic E-state index is 0.0912. The van der Waals surface area contributed by atoms with E-state index in [9.17, 15) is 4.79 Å². The molecule has 1 atom stereocenters. The Balaban J connectivity index is 2.44. The van der Waals surface area contributed by atoms with Crippen LogP contribution < -0.4 is 0 Å². The van der Waals surface area contributed by atoms with E-state index >= 15 is 0 Å². The molecule has 0 spiro atoms. The number of rotatable bonds is 0. The Kier molecular flexibility index (Phi) is 2.36. The summed E-state index contributed by atoms with van der Waals surface area (Å²) in [4.78, 5) is 11.7. The van der Waals surface area contributed by atoms with E-state index in [1.807, 2.05) is 6.92 Å². The molecule has 0 aromatic rings. The van der Waals surface area contributed by atoms with Crippen LogP contribution in [0.25, 0.3) is 0 Å². The van der Waals surface area contributed by atoms with Crippen molar-refractivity contribution in [2.45, 2.75) is 33.1 Å². The Morgan fingerprint density at radius 1 is 1.47 bits per heavy atom. The first kappa shape index (κ1) is 9.97. The maximum atomic E-state index is 11.7. The summed E-state index contributed by atoms with van der Waals surface area (Å²) in [5.74, 6) is 1.49. The molecule has 0 aromatic heterocycles. The number of ketones is 1. The molecule has 1 heterocycles. The summed E-state index contributed by atoms with van der Waals surface area (Å²) < 4.78 is 5.55. The molecule has 2 aliphatic rings. The van der Waals surface area contributed by atoms with Crippen LogP contribution in [0.1, 0.15) is 33.1 Å². The molecule has 78 valence electrons. The fraction of sp³-hybridized carbons (Fsp3) is 0.500. The summed E-state index contributed by atoms with van der Waals surface area (Å²) in [6.45, 7) is 3.70. The highest BCUT2D eigenvalue weighted by atomic mass is 16.5. The van der Waals surface area contributed by atoms with Crippen molar-refractivity contribution in [2.24, 2.45) is 5.92 Å². The number of carbonyl (C=O) groups is 1. The molecule has 1 unspecified atom stereocenters. The van der Waals surface area contributed by atoms with Gasteiger partial charge in [0.25, 0.3) is 0 Å². The molecule has 3 nitrogen and oxygen atoms in total. The first-order valence-electron chi connectivity index (χ1n) is 5.20. The van der Waals surface area contributed by atoms with E-state index < -0.39 is 0 Å². The molecule has 0 bridgehead atoms. The van der Waals surface area contributed by atoms with Gasteiger partial charge in [0.2, 0.25) is 0 Å². The number of carbonyl (C=O) groups excluding carboxylic acids is 1. The van der Waals surface area contributed by atoms with E-state index in [0.29, 0.717) is 17.8 Å². The first-order valence-corrected chi connectivity index (χ1v) is 5.20. The van der Waals surface area contributed by atoms with Gasteiger partial charge < -0.3 is 4.74 Å². The van der Waals surface area contributed by atoms with Crippen LogP contribution in [0.5, 0.6) is 0 Å². The van der Waals surface area contributed by atoms with Crippen molar-refractivity contribution in [2.75, 3.05) is 0 Å². The third-order valence-electron chi connectivity index (χ3n) is 3.05. The SMILES string of the molecule is CC1=C(C#N)C(C)C2=C(CCCC2=O)O1. The van der Waals surface area contributed by atoms with E-state index in [4.69, 9.17) is 10.00 Å². The van der Waals surface area contributed by atoms with Crippen molar-refractivity contribution in [3.05, 3.63) is 22.7 Å². The predicted molar refractivity (Wildman–Crippen MR) is 54.4 cm³/mol. The normalized spacial score (nSPS) is 25.9. The Bertz CT molecular complexity index is 423. The van der Waals surface area contributed by atoms with Crippen LogP contribution in [0.15, 0.2) is 22.7 Å². The third-order valence-corrected chi connectivity index (χ3v) is 3.05. The number of ether oxygens (including phenoxy) is 1. The lowest BCUT2D eigenvalue weighted by Crippen LogP contribution is -2.24. The van der Waals surface area contributed by atoms with E-state index in [2.05, 4.69) is 6.07 Å². The Morgan fingerprint density at radius 3 is 2.87 bits per heavy atom. The van der Waals surface area contributed by atoms with Crippen molar-refractivity contribution >= 4 is 5.78 Å². The van der Waals surface area contributed by atoms with Crippen LogP contribution in [-0.2, 0) is 9.53 Å². The minimum Gasteiger partial charge on any atom is -0.465 e. The molecule has 0 aromatic carbocycles. The number of hydrogen-bond donors (Lipinski definition) is 0. The molecule has 0 amide bonds. The van der Waals surface area contributed by atoms with E-state index in [1.165, 1.54) is 0 Å². The molecule has 2 rings (SSSR count). The average Bonchev–Trinajstić information content (AvgIpc) is 2.17. The second kappa shape index (κ2) is 3.54. The molecular weight excluding hydrogens is 190 g/mol. The monoisotopic (exact) mass is 203 g/mol. The Hall–Kier alpha value is -1.56. The molecular formula is C12H13NO2. The standard InChI is InChI=1S/C12H13NO2/c1-7-9(6-13)8(2)15-11-5-3-4-10(14)12(7)11/h7H,3-5H2,1-2H3. The molecule has 0 fully saturated rings. The van der Waals surface area contributed by atoms with Crippen LogP contribution in [0.2, 0.25) is 0 Å². The first-order chi connectivity index (χ1) is 7.15. The summed E-state index contributed by atoms with van der Waals surface area (Å²) in [7, 11) is 0. The number of nitrogens with zero attached hydrogens (tertiary/aromatic N) is 1. The van der Waals surface area contributed by atoms with Crippen molar-refractivity contribution in [3.8, 4) is 6.07 Å². The van der Waals surface area contributed by atoms with Gasteiger partial charge in [0.1, 0.15) is 11.5 Å². The fourth-order valence-corrected chi connectivity index (χ4v) is 2.29. The average molecular weight is 203 g/mol. The minimum atomic E-state index is -0.0912. The second-order valence-corrected chi connectivity index (χ2v) is 4.02. The van der Waals surface area contributed by atoms with Crippen LogP contribution in [0, 0.1) is 17.2 Å². The highest BCUT2D eigenvalue weighted by Gasteiger charge is 2.33. The van der Waals surface area contributed by atoms with E-state index in [0.717, 1.165) is 24.2 Å². The zero-order valence-corrected chi connectivity index (χ0v) is 8.96. The molecule has 0 N–H and O–H groups in total. The molecule has 3 heteroatoms. The van der Waals surface area contributed by atoms with Gasteiger partial charge in [0.05, 0.1) is 11.6 Å². The van der Waals surface area contributed by atoms with Crippen LogP contribution in [0.4, 0.5) is 0 Å². The van der Waals surface area contributed by atoms with Gasteiger partial charge in [-0.05, 0) is 13.3 Å². The largest absolute Gasteiger partial charge is 0.465 e. The summed E-state index contributed by atoms with van der Waals surface area (Å²) in [5.41, 5.74) is 1.31. The number of Topliss-reactive ketones (excluding diaryl/α,β-unsaturated/α-hetero) is 1. The zero-order chi connectivity index (χ0) is 11.0. The topological polar surface area (TPSA) is 50.1 Å². The lowest BCUT2D eigenvalue weighted by atomic mass is 9.82. The highest BCUT2D eigenvalue weighted by Crippen LogP contribution is 2.38. The number of nitriles is 1. The van der Waals surface area contributed by atoms with Crippen LogP contribution >= 0.6 is 0 Å². The second-order valence-electron chi connectivity index (χ2n) is 4.02. The van der Waals surface area contributed by atoms with Gasteiger partial charge in [-0.15, -0.1) is 0 Å². The number of hydrogen-bond acceptors (Lipinski definition) is 3. The van der Waals surface area contributed by atoms with Gasteiger partial charge in [0, 0.05) is 24.3 Å². The molecule has 15 heavy (non-hydrogen) atoms. The van der Waals surface area contributed by atoms with Crippen LogP contribution in [-0.4, -0.2) is 5.78 Å². The smallest absolute Gasteiger partial charge is 0.162 e. The van der Waals surface area contributed by atoms with E-state index in [-0.39, 0.29) is 11.7 Å². The number of allylic oxidation sites excluding steroid dienone is 4. The summed E-state index contributed by atoms with van der Waals surface area (Å²) in [6, 6.07) is 2.13. The highest BCUT2D eigenvalue weighted by molar-refractivity contribution is 5.98. The summed E-state index contributed by atoms with van der Waals surface area (Å²) in [6.07, 6.45) is 2.27. The predicted octanol–water partition coefficient (Wildman–Crippen LogP) is 2.46. The van der Waals surface area contributed by atoms with Gasteiger partial charge in [-0.25, -0.2) is 0 Å². The van der Waals surface area contributed by atoms with Gasteiger partial charge in [-0.3, -0.25) is 4.79 Å². The maximum absolute atomic E-state index is 11.7. The lowest BCUT2D eigenvalue weighted by Gasteiger charge is -2.29. The summed E-state index contributed by atoms with van der Waals surface area (Å²) >= 11 is 0. The van der Waals surface area contributed by atoms with Crippen molar-refractivity contribution in [1.29, 1.82) is 5.26 Å². The van der Waals surface area contributed by atoms with Gasteiger partial charge in [-0.1, -0.05) is 6.92 Å². The molecule has 1 aliphatic carbocycles. The van der Waals surface area contributed by atoms with Crippen molar-refractivity contribution < 1.29 is 9.53 Å². The fourth-order valence-electron chi connectivity index (χ4n) is 2.29. The van der Waals surface area contributed by atoms with Gasteiger partial charge in [-0.2, -0.15) is 5.26 Å². The maximum Gasteiger partial charge on any atom is 0.162 e. The van der Waals surface area contributed by atoms with E-state index in [1.54, 1.807) is 6.92 Å². The lowest BCUT2D eigenvalue weighted by molar-refractivity contribution is -0.116. The van der Waals surface area contributed by atoms with Crippen molar-refractivity contribution in [3.63, 3.8) is 0 Å². The summed E-state index contributed by atoms with van der Waals surface area (Å²) in [5, 5.41) is 8.99. The Labute approximate surface area is 89.0 Å². The molecule has 0 saturated heterocycles. The van der Waals surface area contributed by atoms with Gasteiger partial charge >= 0.3 is 0 Å². The van der Waals surface area contributed by atoms with Crippen molar-refractivity contribution in [1.82, 2.24) is 0 Å². The molecule has 1 aliphatic heterocycles. The third kappa shape index (κ3) is 1.46. The van der Waals surface area contributed by atoms with Gasteiger partial charge in [0.15, 0.2) is 5.78 Å². The quantitative estimate of drug-likeness (QED) is 0.607. The zero-order valence-electron chi connectivity index (χ0n) is 8.96. The Morgan fingerprint density at radius 2 is 2.20 bits per heavy atom. The molecule has 0 saturated carbocycles. The van der Waals surface area contributed by atoms with Crippen LogP contribution in [0.3, 0.4) is 0 Å². The molecule has 0 radical (unpaired) electrons.